The summed E-state index contributed by atoms with van der Waals surface area (Å²) in [6, 6.07) is 0.519. The maximum atomic E-state index is 11.1. The fourth-order valence-electron chi connectivity index (χ4n) is 1.39. The van der Waals surface area contributed by atoms with Crippen molar-refractivity contribution in [3.05, 3.63) is 0 Å². The van der Waals surface area contributed by atoms with E-state index >= 15 is 0 Å². The molecule has 0 spiro atoms. The van der Waals surface area contributed by atoms with E-state index in [2.05, 4.69) is 17.2 Å². The third-order valence-electron chi connectivity index (χ3n) is 2.26. The van der Waals surface area contributed by atoms with Gasteiger partial charge in [-0.2, -0.15) is 0 Å². The van der Waals surface area contributed by atoms with Crippen molar-refractivity contribution in [2.45, 2.75) is 39.2 Å². The van der Waals surface area contributed by atoms with Gasteiger partial charge < -0.3 is 10.1 Å². The SMILES string of the molecule is CCOC(=O)CCCN=C1NC(C)CCS1. The van der Waals surface area contributed by atoms with Gasteiger partial charge in [0.05, 0.1) is 6.61 Å². The smallest absolute Gasteiger partial charge is 0.305 e. The Kier molecular flexibility index (Phi) is 6.30. The first-order valence-electron chi connectivity index (χ1n) is 5.81. The van der Waals surface area contributed by atoms with Crippen LogP contribution in [0.3, 0.4) is 0 Å². The molecule has 1 unspecified atom stereocenters. The van der Waals surface area contributed by atoms with Crippen LogP contribution in [0.25, 0.3) is 0 Å². The van der Waals surface area contributed by atoms with E-state index < -0.39 is 0 Å². The lowest BCUT2D eigenvalue weighted by Crippen LogP contribution is -2.35. The Labute approximate surface area is 101 Å². The van der Waals surface area contributed by atoms with Gasteiger partial charge in [-0.25, -0.2) is 0 Å². The van der Waals surface area contributed by atoms with Gasteiger partial charge in [-0.3, -0.25) is 9.79 Å². The average Bonchev–Trinajstić information content (AvgIpc) is 2.25. The first-order valence-corrected chi connectivity index (χ1v) is 6.80. The van der Waals surface area contributed by atoms with Gasteiger partial charge in [-0.1, -0.05) is 11.8 Å². The van der Waals surface area contributed by atoms with Crippen molar-refractivity contribution in [1.82, 2.24) is 5.32 Å². The maximum Gasteiger partial charge on any atom is 0.305 e. The number of ether oxygens (including phenoxy) is 1. The Hall–Kier alpha value is -0.710. The fraction of sp³-hybridized carbons (Fsp3) is 0.818. The predicted octanol–water partition coefficient (Wildman–Crippen LogP) is 1.80. The number of nitrogens with zero attached hydrogens (tertiary/aromatic N) is 1. The molecule has 5 heteroatoms. The van der Waals surface area contributed by atoms with Crippen LogP contribution in [0.4, 0.5) is 0 Å². The standard InChI is InChI=1S/C11H20N2O2S/c1-3-15-10(14)5-4-7-12-11-13-9(2)6-8-16-11/h9H,3-8H2,1-2H3,(H,12,13). The van der Waals surface area contributed by atoms with Gasteiger partial charge in [0.2, 0.25) is 0 Å². The van der Waals surface area contributed by atoms with Gasteiger partial charge >= 0.3 is 5.97 Å². The van der Waals surface area contributed by atoms with Crippen LogP contribution >= 0.6 is 11.8 Å². The minimum absolute atomic E-state index is 0.125. The van der Waals surface area contributed by atoms with Crippen molar-refractivity contribution >= 4 is 22.9 Å². The molecule has 1 aliphatic heterocycles. The normalized spacial score (nSPS) is 22.9. The van der Waals surface area contributed by atoms with Crippen molar-refractivity contribution in [2.75, 3.05) is 18.9 Å². The number of esters is 1. The lowest BCUT2D eigenvalue weighted by molar-refractivity contribution is -0.143. The molecule has 16 heavy (non-hydrogen) atoms. The molecule has 1 fully saturated rings. The maximum absolute atomic E-state index is 11.1. The Morgan fingerprint density at radius 2 is 2.50 bits per heavy atom. The van der Waals surface area contributed by atoms with Crippen LogP contribution in [-0.4, -0.2) is 36.1 Å². The third kappa shape index (κ3) is 5.39. The monoisotopic (exact) mass is 244 g/mol. The first-order chi connectivity index (χ1) is 7.72. The molecule has 0 aliphatic carbocycles. The number of carbonyl (C=O) groups is 1. The van der Waals surface area contributed by atoms with E-state index in [0.717, 1.165) is 17.3 Å². The van der Waals surface area contributed by atoms with Crippen LogP contribution in [0, 0.1) is 0 Å². The van der Waals surface area contributed by atoms with Gasteiger partial charge in [0.15, 0.2) is 5.17 Å². The van der Waals surface area contributed by atoms with E-state index in [1.54, 1.807) is 11.8 Å². The van der Waals surface area contributed by atoms with Gasteiger partial charge in [0, 0.05) is 24.8 Å². The van der Waals surface area contributed by atoms with Crippen molar-refractivity contribution < 1.29 is 9.53 Å². The Balaban J connectivity index is 2.13. The highest BCUT2D eigenvalue weighted by atomic mass is 32.2. The second-order valence-electron chi connectivity index (χ2n) is 3.78. The highest BCUT2D eigenvalue weighted by Crippen LogP contribution is 2.13. The molecule has 4 nitrogen and oxygen atoms in total. The first kappa shape index (κ1) is 13.4. The van der Waals surface area contributed by atoms with Gasteiger partial charge in [-0.15, -0.1) is 0 Å². The minimum Gasteiger partial charge on any atom is -0.466 e. The topological polar surface area (TPSA) is 50.7 Å². The molecule has 0 aromatic heterocycles. The zero-order valence-corrected chi connectivity index (χ0v) is 10.8. The van der Waals surface area contributed by atoms with E-state index in [1.165, 1.54) is 6.42 Å². The molecule has 1 heterocycles. The average molecular weight is 244 g/mol. The van der Waals surface area contributed by atoms with Gasteiger partial charge in [-0.05, 0) is 26.7 Å². The number of aliphatic imine (C=N–C) groups is 1. The second-order valence-corrected chi connectivity index (χ2v) is 4.86. The Morgan fingerprint density at radius 3 is 3.19 bits per heavy atom. The van der Waals surface area contributed by atoms with E-state index in [4.69, 9.17) is 4.74 Å². The molecule has 0 bridgehead atoms. The molecular formula is C11H20N2O2S. The molecule has 0 amide bonds. The largest absolute Gasteiger partial charge is 0.466 e. The highest BCUT2D eigenvalue weighted by molar-refractivity contribution is 8.13. The Morgan fingerprint density at radius 1 is 1.69 bits per heavy atom. The molecule has 0 aromatic carbocycles. The van der Waals surface area contributed by atoms with E-state index in [-0.39, 0.29) is 5.97 Å². The highest BCUT2D eigenvalue weighted by Gasteiger charge is 2.12. The van der Waals surface area contributed by atoms with E-state index in [9.17, 15) is 4.79 Å². The predicted molar refractivity (Wildman–Crippen MR) is 67.8 cm³/mol. The number of hydrogen-bond acceptors (Lipinski definition) is 4. The van der Waals surface area contributed by atoms with Crippen molar-refractivity contribution in [1.29, 1.82) is 0 Å². The molecule has 0 radical (unpaired) electrons. The molecule has 92 valence electrons. The summed E-state index contributed by atoms with van der Waals surface area (Å²) in [6.07, 6.45) is 2.41. The van der Waals surface area contributed by atoms with Gasteiger partial charge in [0.25, 0.3) is 0 Å². The quantitative estimate of drug-likeness (QED) is 0.592. The van der Waals surface area contributed by atoms with Crippen LogP contribution in [0.1, 0.15) is 33.1 Å². The number of rotatable bonds is 5. The number of carbonyl (C=O) groups excluding carboxylic acids is 1. The summed E-state index contributed by atoms with van der Waals surface area (Å²) in [5, 5.41) is 4.34. The molecule has 1 N–H and O–H groups in total. The van der Waals surface area contributed by atoms with Crippen LogP contribution in [0.2, 0.25) is 0 Å². The number of amidine groups is 1. The summed E-state index contributed by atoms with van der Waals surface area (Å²) in [4.78, 5) is 15.5. The van der Waals surface area contributed by atoms with E-state index in [1.807, 2.05) is 6.92 Å². The molecule has 1 rings (SSSR count). The van der Waals surface area contributed by atoms with Crippen molar-refractivity contribution in [3.63, 3.8) is 0 Å². The number of thioether (sulfide) groups is 1. The molecule has 1 atom stereocenters. The summed E-state index contributed by atoms with van der Waals surface area (Å²) < 4.78 is 4.84. The van der Waals surface area contributed by atoms with Crippen LogP contribution < -0.4 is 5.32 Å². The lowest BCUT2D eigenvalue weighted by atomic mass is 10.3. The second kappa shape index (κ2) is 7.54. The van der Waals surface area contributed by atoms with Crippen LogP contribution in [0.15, 0.2) is 4.99 Å². The summed E-state index contributed by atoms with van der Waals surface area (Å²) in [5.74, 6) is 1.01. The zero-order chi connectivity index (χ0) is 11.8. The summed E-state index contributed by atoms with van der Waals surface area (Å²) >= 11 is 1.76. The minimum atomic E-state index is -0.125. The van der Waals surface area contributed by atoms with Crippen molar-refractivity contribution in [3.8, 4) is 0 Å². The summed E-state index contributed by atoms with van der Waals surface area (Å²) in [5.41, 5.74) is 0. The molecule has 0 saturated carbocycles. The van der Waals surface area contributed by atoms with Crippen molar-refractivity contribution in [2.24, 2.45) is 4.99 Å². The third-order valence-corrected chi connectivity index (χ3v) is 3.22. The Bertz CT molecular complexity index is 256. The van der Waals surface area contributed by atoms with E-state index in [0.29, 0.717) is 25.6 Å². The summed E-state index contributed by atoms with van der Waals surface area (Å²) in [7, 11) is 0. The number of nitrogens with one attached hydrogen (secondary N) is 1. The fourth-order valence-corrected chi connectivity index (χ4v) is 2.52. The molecule has 1 saturated heterocycles. The summed E-state index contributed by atoms with van der Waals surface area (Å²) in [6.45, 7) is 5.14. The van der Waals surface area contributed by atoms with Crippen LogP contribution in [0.5, 0.6) is 0 Å². The zero-order valence-electron chi connectivity index (χ0n) is 9.99. The van der Waals surface area contributed by atoms with Crippen LogP contribution in [-0.2, 0) is 9.53 Å². The lowest BCUT2D eigenvalue weighted by Gasteiger charge is -2.21. The molecular weight excluding hydrogens is 224 g/mol. The number of hydrogen-bond donors (Lipinski definition) is 1. The van der Waals surface area contributed by atoms with Gasteiger partial charge in [0.1, 0.15) is 0 Å². The molecule has 0 aromatic rings. The molecule has 1 aliphatic rings.